The molecule has 1 aliphatic heterocycles. The number of aromatic carboxylic acids is 1. The van der Waals surface area contributed by atoms with Gasteiger partial charge >= 0.3 is 11.9 Å². The normalized spacial score (nSPS) is 19.0. The van der Waals surface area contributed by atoms with E-state index in [0.29, 0.717) is 23.6 Å². The van der Waals surface area contributed by atoms with Crippen LogP contribution in [-0.2, 0) is 32.2 Å². The molecule has 4 unspecified atom stereocenters. The minimum Gasteiger partial charge on any atom is -0.481 e. The summed E-state index contributed by atoms with van der Waals surface area (Å²) >= 11 is 1.45. The van der Waals surface area contributed by atoms with E-state index in [4.69, 9.17) is 14.6 Å². The van der Waals surface area contributed by atoms with Gasteiger partial charge in [0.1, 0.15) is 0 Å². The number of amides is 1. The molecule has 0 aromatic heterocycles. The van der Waals surface area contributed by atoms with Crippen molar-refractivity contribution in [3.05, 3.63) is 125 Å². The first-order valence-corrected chi connectivity index (χ1v) is 16.8. The van der Waals surface area contributed by atoms with Crippen LogP contribution >= 0.6 is 11.8 Å². The number of aliphatic carboxylic acids is 1. The van der Waals surface area contributed by atoms with Gasteiger partial charge in [-0.25, -0.2) is 4.79 Å². The van der Waals surface area contributed by atoms with Gasteiger partial charge in [0.15, 0.2) is 6.29 Å². The van der Waals surface area contributed by atoms with Gasteiger partial charge in [-0.3, -0.25) is 9.59 Å². The smallest absolute Gasteiger partial charge is 0.336 e. The Hall–Kier alpha value is -4.48. The van der Waals surface area contributed by atoms with Crippen LogP contribution in [0.5, 0.6) is 0 Å². The van der Waals surface area contributed by atoms with Crippen LogP contribution in [0.3, 0.4) is 0 Å². The Morgan fingerprint density at radius 1 is 0.792 bits per heavy atom. The van der Waals surface area contributed by atoms with Crippen molar-refractivity contribution in [2.75, 3.05) is 5.75 Å². The molecule has 4 aromatic carbocycles. The van der Waals surface area contributed by atoms with E-state index < -0.39 is 18.2 Å². The number of carbonyl (C=O) groups is 3. The minimum absolute atomic E-state index is 0.0335. The van der Waals surface area contributed by atoms with Crippen LogP contribution in [-0.4, -0.2) is 45.0 Å². The second-order valence-electron chi connectivity index (χ2n) is 11.8. The fraction of sp³-hybridized carbons (Fsp3) is 0.289. The number of carbonyl (C=O) groups excluding carboxylic acids is 1. The van der Waals surface area contributed by atoms with Crippen LogP contribution in [0.15, 0.2) is 102 Å². The Morgan fingerprint density at radius 3 is 2.23 bits per heavy atom. The maximum absolute atomic E-state index is 12.1. The number of aliphatic hydroxyl groups is 1. The van der Waals surface area contributed by atoms with Gasteiger partial charge in [0.2, 0.25) is 5.91 Å². The lowest BCUT2D eigenvalue weighted by molar-refractivity contribution is -0.268. The Balaban J connectivity index is 1.31. The molecule has 4 aromatic rings. The van der Waals surface area contributed by atoms with Crippen molar-refractivity contribution in [1.29, 1.82) is 0 Å². The van der Waals surface area contributed by atoms with Crippen molar-refractivity contribution < 1.29 is 39.2 Å². The zero-order chi connectivity index (χ0) is 34.0. The molecular weight excluding hydrogens is 630 g/mol. The molecule has 250 valence electrons. The van der Waals surface area contributed by atoms with Crippen LogP contribution in [0.1, 0.15) is 71.2 Å². The maximum Gasteiger partial charge on any atom is 0.336 e. The first-order chi connectivity index (χ1) is 23.2. The fourth-order valence-electron chi connectivity index (χ4n) is 5.63. The van der Waals surface area contributed by atoms with Crippen LogP contribution in [0, 0.1) is 5.92 Å². The zero-order valence-corrected chi connectivity index (χ0v) is 27.4. The summed E-state index contributed by atoms with van der Waals surface area (Å²) in [5, 5.41) is 30.9. The highest BCUT2D eigenvalue weighted by atomic mass is 32.2. The van der Waals surface area contributed by atoms with Crippen molar-refractivity contribution in [1.82, 2.24) is 5.32 Å². The van der Waals surface area contributed by atoms with Crippen LogP contribution in [0.4, 0.5) is 0 Å². The molecule has 1 heterocycles. The third-order valence-electron chi connectivity index (χ3n) is 8.37. The van der Waals surface area contributed by atoms with E-state index >= 15 is 0 Å². The molecule has 48 heavy (non-hydrogen) atoms. The van der Waals surface area contributed by atoms with Gasteiger partial charge in [-0.05, 0) is 52.4 Å². The van der Waals surface area contributed by atoms with Crippen molar-refractivity contribution >= 4 is 29.6 Å². The predicted molar refractivity (Wildman–Crippen MR) is 182 cm³/mol. The van der Waals surface area contributed by atoms with Gasteiger partial charge in [-0.15, -0.1) is 11.8 Å². The van der Waals surface area contributed by atoms with Crippen molar-refractivity contribution in [3.8, 4) is 11.1 Å². The van der Waals surface area contributed by atoms with Crippen molar-refractivity contribution in [2.45, 2.75) is 62.7 Å². The highest BCUT2D eigenvalue weighted by Gasteiger charge is 2.38. The molecule has 9 nitrogen and oxygen atoms in total. The van der Waals surface area contributed by atoms with Crippen LogP contribution in [0.25, 0.3) is 11.1 Å². The Labute approximate surface area is 283 Å². The Kier molecular flexibility index (Phi) is 12.0. The number of nitrogens with one attached hydrogen (secondary N) is 1. The maximum atomic E-state index is 12.1. The second kappa shape index (κ2) is 16.6. The highest BCUT2D eigenvalue weighted by Crippen LogP contribution is 2.43. The van der Waals surface area contributed by atoms with E-state index in [1.54, 1.807) is 12.1 Å². The number of hydrogen-bond acceptors (Lipinski definition) is 7. The largest absolute Gasteiger partial charge is 0.481 e. The third kappa shape index (κ3) is 9.11. The van der Waals surface area contributed by atoms with E-state index in [2.05, 4.69) is 12.2 Å². The van der Waals surface area contributed by atoms with E-state index in [-0.39, 0.29) is 49.0 Å². The van der Waals surface area contributed by atoms with Crippen molar-refractivity contribution in [3.63, 3.8) is 0 Å². The molecule has 0 spiro atoms. The van der Waals surface area contributed by atoms with Crippen LogP contribution < -0.4 is 5.32 Å². The molecule has 0 aliphatic carbocycles. The lowest BCUT2D eigenvalue weighted by Crippen LogP contribution is -2.38. The molecular formula is C38H39NO8S. The lowest BCUT2D eigenvalue weighted by Gasteiger charge is -2.41. The third-order valence-corrected chi connectivity index (χ3v) is 9.53. The number of thioether (sulfide) groups is 1. The average Bonchev–Trinajstić information content (AvgIpc) is 3.10. The standard InChI is InChI=1S/C38H39NO8S/c1-24-32(23-48-33-9-3-2-8-31(33)37(44)45)46-38(47-36(24)28-14-12-25(22-40)13-15-28)29-18-16-27(17-19-29)30-7-4-6-26(20-30)21-39-34(41)10-5-11-35(42)43/h2-4,6-9,12-20,24,32,36,38,40H,5,10-11,21-23H2,1H3,(H,39,41)(H,42,43)(H,44,45). The Morgan fingerprint density at radius 2 is 1.52 bits per heavy atom. The second-order valence-corrected chi connectivity index (χ2v) is 12.8. The highest BCUT2D eigenvalue weighted by molar-refractivity contribution is 7.99. The number of carboxylic acids is 2. The molecule has 4 N–H and O–H groups in total. The van der Waals surface area contributed by atoms with Gasteiger partial charge < -0.3 is 30.1 Å². The van der Waals surface area contributed by atoms with Gasteiger partial charge in [0.25, 0.3) is 0 Å². The van der Waals surface area contributed by atoms with E-state index in [1.807, 2.05) is 84.9 Å². The average molecular weight is 670 g/mol. The van der Waals surface area contributed by atoms with Gasteiger partial charge in [-0.2, -0.15) is 0 Å². The number of carboxylic acid groups (broad SMARTS) is 2. The summed E-state index contributed by atoms with van der Waals surface area (Å²) in [5.41, 5.74) is 5.76. The number of ether oxygens (including phenoxy) is 2. The van der Waals surface area contributed by atoms with E-state index in [1.165, 1.54) is 11.8 Å². The quantitative estimate of drug-likeness (QED) is 0.104. The van der Waals surface area contributed by atoms with Gasteiger partial charge in [-0.1, -0.05) is 85.8 Å². The zero-order valence-electron chi connectivity index (χ0n) is 26.6. The molecule has 0 radical (unpaired) electrons. The van der Waals surface area contributed by atoms with E-state index in [0.717, 1.165) is 33.4 Å². The monoisotopic (exact) mass is 669 g/mol. The fourth-order valence-corrected chi connectivity index (χ4v) is 6.85. The van der Waals surface area contributed by atoms with Crippen molar-refractivity contribution in [2.24, 2.45) is 5.92 Å². The Bertz CT molecular complexity index is 1710. The molecule has 1 amide bonds. The molecule has 10 heteroatoms. The van der Waals surface area contributed by atoms with Crippen LogP contribution in [0.2, 0.25) is 0 Å². The number of rotatable bonds is 14. The number of aliphatic hydroxyl groups excluding tert-OH is 1. The van der Waals surface area contributed by atoms with E-state index in [9.17, 15) is 24.6 Å². The molecule has 1 saturated heterocycles. The molecule has 5 rings (SSSR count). The molecule has 1 aliphatic rings. The summed E-state index contributed by atoms with van der Waals surface area (Å²) in [6.07, 6.45) is -0.784. The minimum atomic E-state index is -0.970. The summed E-state index contributed by atoms with van der Waals surface area (Å²) in [5.74, 6) is -1.59. The first kappa shape index (κ1) is 34.8. The first-order valence-electron chi connectivity index (χ1n) is 15.9. The molecule has 4 atom stereocenters. The number of benzene rings is 4. The summed E-state index contributed by atoms with van der Waals surface area (Å²) in [4.78, 5) is 35.3. The topological polar surface area (TPSA) is 142 Å². The summed E-state index contributed by atoms with van der Waals surface area (Å²) in [7, 11) is 0. The summed E-state index contributed by atoms with van der Waals surface area (Å²) in [6.45, 7) is 2.37. The molecule has 0 bridgehead atoms. The summed E-state index contributed by atoms with van der Waals surface area (Å²) in [6, 6.07) is 30.5. The number of hydrogen-bond donors (Lipinski definition) is 4. The van der Waals surface area contributed by atoms with Gasteiger partial charge in [0.05, 0.1) is 24.4 Å². The predicted octanol–water partition coefficient (Wildman–Crippen LogP) is 7.00. The lowest BCUT2D eigenvalue weighted by atomic mass is 9.91. The molecule has 1 fully saturated rings. The summed E-state index contributed by atoms with van der Waals surface area (Å²) < 4.78 is 13.1. The molecule has 0 saturated carbocycles. The SMILES string of the molecule is CC1C(CSc2ccccc2C(=O)O)OC(c2ccc(-c3cccc(CNC(=O)CCCC(=O)O)c3)cc2)OC1c1ccc(CO)cc1. The van der Waals surface area contributed by atoms with Gasteiger partial charge in [0, 0.05) is 41.5 Å².